The topological polar surface area (TPSA) is 72.8 Å². The van der Waals surface area contributed by atoms with E-state index in [1.54, 1.807) is 31.2 Å². The van der Waals surface area contributed by atoms with Crippen molar-refractivity contribution in [2.24, 2.45) is 0 Å². The second kappa shape index (κ2) is 7.23. The standard InChI is InChI=1S/C10H14O5S.Na.H/c1-3-10(16(11,12)13)15-9-6-4-8(14-2)5-7-9;;/h4-7,10H,3H2,1-2H3,(H,11,12,13);;. The normalized spacial score (nSPS) is 12.4. The van der Waals surface area contributed by atoms with Crippen molar-refractivity contribution in [1.82, 2.24) is 0 Å². The van der Waals surface area contributed by atoms with Crippen molar-refractivity contribution in [2.75, 3.05) is 7.11 Å². The quantitative estimate of drug-likeness (QED) is 0.639. The number of rotatable bonds is 5. The van der Waals surface area contributed by atoms with Gasteiger partial charge in [0.05, 0.1) is 7.11 Å². The first-order valence-corrected chi connectivity index (χ1v) is 6.24. The van der Waals surface area contributed by atoms with E-state index >= 15 is 0 Å². The van der Waals surface area contributed by atoms with Crippen molar-refractivity contribution in [1.29, 1.82) is 0 Å². The Hall–Kier alpha value is -0.270. The maximum absolute atomic E-state index is 10.9. The molecule has 0 amide bonds. The Bertz CT molecular complexity index is 429. The van der Waals surface area contributed by atoms with Gasteiger partial charge < -0.3 is 9.47 Å². The van der Waals surface area contributed by atoms with Crippen molar-refractivity contribution >= 4 is 39.7 Å². The molecule has 1 N–H and O–H groups in total. The molecule has 92 valence electrons. The van der Waals surface area contributed by atoms with Crippen LogP contribution in [0.2, 0.25) is 0 Å². The molecule has 0 saturated carbocycles. The van der Waals surface area contributed by atoms with Gasteiger partial charge >= 0.3 is 39.7 Å². The van der Waals surface area contributed by atoms with Crippen molar-refractivity contribution in [3.8, 4) is 11.5 Å². The Labute approximate surface area is 123 Å². The van der Waals surface area contributed by atoms with Gasteiger partial charge in [0.1, 0.15) is 11.5 Å². The summed E-state index contributed by atoms with van der Waals surface area (Å²) in [6, 6.07) is 6.44. The van der Waals surface area contributed by atoms with Crippen LogP contribution in [0.4, 0.5) is 0 Å². The van der Waals surface area contributed by atoms with Gasteiger partial charge in [0.2, 0.25) is 5.44 Å². The SMILES string of the molecule is CCC(Oc1ccc(OC)cc1)S(=O)(=O)O.[NaH]. The minimum absolute atomic E-state index is 0. The molecule has 1 unspecified atom stereocenters. The Balaban J connectivity index is 0.00000256. The molecule has 0 fully saturated rings. The molecule has 0 saturated heterocycles. The minimum atomic E-state index is -4.18. The van der Waals surface area contributed by atoms with Crippen LogP contribution in [0.15, 0.2) is 24.3 Å². The zero-order chi connectivity index (χ0) is 12.2. The van der Waals surface area contributed by atoms with Crippen molar-refractivity contribution in [2.45, 2.75) is 18.8 Å². The average Bonchev–Trinajstić information content (AvgIpc) is 2.25. The van der Waals surface area contributed by atoms with Gasteiger partial charge in [-0.1, -0.05) is 6.92 Å². The van der Waals surface area contributed by atoms with Crippen molar-refractivity contribution in [3.05, 3.63) is 24.3 Å². The van der Waals surface area contributed by atoms with E-state index in [1.807, 2.05) is 0 Å². The summed E-state index contributed by atoms with van der Waals surface area (Å²) in [6.45, 7) is 1.61. The first kappa shape index (κ1) is 16.7. The number of benzene rings is 1. The molecule has 0 aromatic heterocycles. The summed E-state index contributed by atoms with van der Waals surface area (Å²) in [6.07, 6.45) is 0.171. The van der Waals surface area contributed by atoms with Gasteiger partial charge in [-0.25, -0.2) is 0 Å². The number of methoxy groups -OCH3 is 1. The molecule has 1 rings (SSSR count). The van der Waals surface area contributed by atoms with Crippen LogP contribution in [0.1, 0.15) is 13.3 Å². The predicted molar refractivity (Wildman–Crippen MR) is 66.4 cm³/mol. The molecule has 0 aliphatic rings. The molecule has 0 heterocycles. The fraction of sp³-hybridized carbons (Fsp3) is 0.400. The first-order chi connectivity index (χ1) is 7.47. The Morgan fingerprint density at radius 2 is 1.71 bits per heavy atom. The maximum atomic E-state index is 10.9. The average molecular weight is 270 g/mol. The first-order valence-electron chi connectivity index (χ1n) is 4.74. The molecule has 0 bridgehead atoms. The monoisotopic (exact) mass is 270 g/mol. The van der Waals surface area contributed by atoms with E-state index in [1.165, 1.54) is 7.11 Å². The van der Waals surface area contributed by atoms with E-state index in [2.05, 4.69) is 0 Å². The number of ether oxygens (including phenoxy) is 2. The molecule has 5 nitrogen and oxygen atoms in total. The summed E-state index contributed by atoms with van der Waals surface area (Å²) >= 11 is 0. The van der Waals surface area contributed by atoms with Gasteiger partial charge in [-0.15, -0.1) is 0 Å². The summed E-state index contributed by atoms with van der Waals surface area (Å²) in [5.74, 6) is 1.01. The Morgan fingerprint density at radius 3 is 2.06 bits per heavy atom. The molecule has 17 heavy (non-hydrogen) atoms. The van der Waals surface area contributed by atoms with Gasteiger partial charge in [-0.3, -0.25) is 4.55 Å². The van der Waals surface area contributed by atoms with E-state index in [0.29, 0.717) is 11.5 Å². The predicted octanol–water partition coefficient (Wildman–Crippen LogP) is 1.05. The van der Waals surface area contributed by atoms with Crippen LogP contribution < -0.4 is 9.47 Å². The molecule has 0 aliphatic heterocycles. The van der Waals surface area contributed by atoms with Gasteiger partial charge in [-0.05, 0) is 30.7 Å². The third kappa shape index (κ3) is 5.27. The van der Waals surface area contributed by atoms with Crippen LogP contribution in [0.5, 0.6) is 11.5 Å². The summed E-state index contributed by atoms with van der Waals surface area (Å²) in [5, 5.41) is 0. The zero-order valence-corrected chi connectivity index (χ0v) is 9.90. The van der Waals surface area contributed by atoms with Crippen LogP contribution in [0.3, 0.4) is 0 Å². The second-order valence-corrected chi connectivity index (χ2v) is 4.70. The zero-order valence-electron chi connectivity index (χ0n) is 9.08. The number of hydrogen-bond acceptors (Lipinski definition) is 4. The van der Waals surface area contributed by atoms with E-state index in [4.69, 9.17) is 14.0 Å². The van der Waals surface area contributed by atoms with Crippen molar-refractivity contribution in [3.63, 3.8) is 0 Å². The third-order valence-electron chi connectivity index (χ3n) is 1.99. The van der Waals surface area contributed by atoms with Crippen LogP contribution >= 0.6 is 0 Å². The molecule has 0 spiro atoms. The molecular formula is C10H15NaO5S. The van der Waals surface area contributed by atoms with E-state index in [0.717, 1.165) is 0 Å². The van der Waals surface area contributed by atoms with Crippen LogP contribution in [0.25, 0.3) is 0 Å². The molecule has 7 heteroatoms. The van der Waals surface area contributed by atoms with E-state index in [9.17, 15) is 8.42 Å². The fourth-order valence-corrected chi connectivity index (χ4v) is 1.81. The van der Waals surface area contributed by atoms with Crippen molar-refractivity contribution < 1.29 is 22.4 Å². The van der Waals surface area contributed by atoms with Crippen LogP contribution in [-0.4, -0.2) is 55.1 Å². The van der Waals surface area contributed by atoms with Gasteiger partial charge in [0, 0.05) is 0 Å². The van der Waals surface area contributed by atoms with Gasteiger partial charge in [0.15, 0.2) is 0 Å². The molecule has 1 aromatic carbocycles. The molecule has 0 radical (unpaired) electrons. The second-order valence-electron chi connectivity index (χ2n) is 3.15. The van der Waals surface area contributed by atoms with Gasteiger partial charge in [-0.2, -0.15) is 8.42 Å². The summed E-state index contributed by atoms with van der Waals surface area (Å²) in [7, 11) is -2.65. The van der Waals surface area contributed by atoms with Gasteiger partial charge in [0.25, 0.3) is 0 Å². The van der Waals surface area contributed by atoms with Crippen LogP contribution in [-0.2, 0) is 10.1 Å². The van der Waals surface area contributed by atoms with E-state index < -0.39 is 15.6 Å². The summed E-state index contributed by atoms with van der Waals surface area (Å²) in [5.41, 5.74) is -1.24. The fourth-order valence-electron chi connectivity index (χ4n) is 1.16. The third-order valence-corrected chi connectivity index (χ3v) is 3.09. The molecule has 1 atom stereocenters. The van der Waals surface area contributed by atoms with Crippen LogP contribution in [0, 0.1) is 0 Å². The summed E-state index contributed by atoms with van der Waals surface area (Å²) < 4.78 is 40.7. The molecule has 0 aliphatic carbocycles. The number of hydrogen-bond donors (Lipinski definition) is 1. The molecular weight excluding hydrogens is 255 g/mol. The Kier molecular flexibility index (Phi) is 7.11. The Morgan fingerprint density at radius 1 is 1.24 bits per heavy atom. The summed E-state index contributed by atoms with van der Waals surface area (Å²) in [4.78, 5) is 0. The molecule has 1 aromatic rings. The van der Waals surface area contributed by atoms with E-state index in [-0.39, 0.29) is 36.0 Å².